The Labute approximate surface area is 68.5 Å². The lowest BCUT2D eigenvalue weighted by Gasteiger charge is -1.82. The Kier molecular flexibility index (Phi) is 1.51. The predicted octanol–water partition coefficient (Wildman–Crippen LogP) is 2.71. The molecular weight excluding hydrogens is 158 g/mol. The van der Waals surface area contributed by atoms with Crippen LogP contribution < -0.4 is 0 Å². The Bertz CT molecular complexity index is 337. The van der Waals surface area contributed by atoms with Crippen molar-refractivity contribution < 1.29 is 4.42 Å². The van der Waals surface area contributed by atoms with E-state index in [1.54, 1.807) is 17.6 Å². The second-order valence-electron chi connectivity index (χ2n) is 2.23. The van der Waals surface area contributed by atoms with Crippen LogP contribution in [0.25, 0.3) is 10.6 Å². The van der Waals surface area contributed by atoms with Gasteiger partial charge in [0.2, 0.25) is 0 Å². The van der Waals surface area contributed by atoms with E-state index in [-0.39, 0.29) is 0 Å². The van der Waals surface area contributed by atoms with Crippen LogP contribution in [0.15, 0.2) is 28.2 Å². The summed E-state index contributed by atoms with van der Waals surface area (Å²) in [5.74, 6) is 0.716. The summed E-state index contributed by atoms with van der Waals surface area (Å²) in [4.78, 5) is 5.35. The lowest BCUT2D eigenvalue weighted by atomic mass is 10.4. The molecule has 2 rings (SSSR count). The molecule has 0 bridgehead atoms. The van der Waals surface area contributed by atoms with E-state index >= 15 is 0 Å². The van der Waals surface area contributed by atoms with Gasteiger partial charge in [-0.15, -0.1) is 11.3 Å². The Morgan fingerprint density at radius 3 is 3.00 bits per heavy atom. The molecule has 0 fully saturated rings. The van der Waals surface area contributed by atoms with Crippen molar-refractivity contribution in [3.8, 4) is 10.6 Å². The van der Waals surface area contributed by atoms with Gasteiger partial charge in [-0.25, -0.2) is 4.98 Å². The molecule has 0 radical (unpaired) electrons. The molecule has 2 heterocycles. The minimum absolute atomic E-state index is 0.716. The maximum Gasteiger partial charge on any atom is 0.191 e. The molecule has 0 aliphatic heterocycles. The number of hydrogen-bond acceptors (Lipinski definition) is 3. The van der Waals surface area contributed by atoms with E-state index in [0.29, 0.717) is 5.89 Å². The summed E-state index contributed by atoms with van der Waals surface area (Å²) in [6.07, 6.45) is 1.68. The SMILES string of the molecule is Cc1nc(-c2cccs2)co1. The Morgan fingerprint density at radius 2 is 2.45 bits per heavy atom. The summed E-state index contributed by atoms with van der Waals surface area (Å²) in [7, 11) is 0. The van der Waals surface area contributed by atoms with Crippen LogP contribution in [0.3, 0.4) is 0 Å². The molecule has 0 saturated carbocycles. The molecule has 0 amide bonds. The molecule has 2 aromatic heterocycles. The number of nitrogens with zero attached hydrogens (tertiary/aromatic N) is 1. The lowest BCUT2D eigenvalue weighted by molar-refractivity contribution is 0.521. The summed E-state index contributed by atoms with van der Waals surface area (Å²) in [6.45, 7) is 1.84. The zero-order chi connectivity index (χ0) is 7.68. The van der Waals surface area contributed by atoms with Crippen molar-refractivity contribution in [3.05, 3.63) is 29.7 Å². The van der Waals surface area contributed by atoms with Crippen LogP contribution in [-0.2, 0) is 0 Å². The lowest BCUT2D eigenvalue weighted by Crippen LogP contribution is -1.70. The van der Waals surface area contributed by atoms with Crippen LogP contribution in [0.5, 0.6) is 0 Å². The van der Waals surface area contributed by atoms with E-state index in [1.165, 1.54) is 0 Å². The first-order chi connectivity index (χ1) is 5.36. The molecule has 0 aromatic carbocycles. The molecule has 56 valence electrons. The molecule has 11 heavy (non-hydrogen) atoms. The number of aromatic nitrogens is 1. The van der Waals surface area contributed by atoms with E-state index in [0.717, 1.165) is 10.6 Å². The molecule has 0 aliphatic carbocycles. The molecule has 0 aliphatic rings. The van der Waals surface area contributed by atoms with E-state index in [2.05, 4.69) is 4.98 Å². The van der Waals surface area contributed by atoms with Gasteiger partial charge in [-0.05, 0) is 11.4 Å². The van der Waals surface area contributed by atoms with Gasteiger partial charge in [-0.3, -0.25) is 0 Å². The molecule has 2 aromatic rings. The number of oxazole rings is 1. The molecule has 0 saturated heterocycles. The Balaban J connectivity index is 2.45. The van der Waals surface area contributed by atoms with E-state index in [9.17, 15) is 0 Å². The average Bonchev–Trinajstić information content (AvgIpc) is 2.55. The summed E-state index contributed by atoms with van der Waals surface area (Å²) >= 11 is 1.67. The van der Waals surface area contributed by atoms with E-state index in [4.69, 9.17) is 4.42 Å². The smallest absolute Gasteiger partial charge is 0.191 e. The maximum absolute atomic E-state index is 5.08. The third kappa shape index (κ3) is 1.19. The predicted molar refractivity (Wildman–Crippen MR) is 44.6 cm³/mol. The van der Waals surface area contributed by atoms with Crippen molar-refractivity contribution in [1.29, 1.82) is 0 Å². The van der Waals surface area contributed by atoms with Gasteiger partial charge < -0.3 is 4.42 Å². The van der Waals surface area contributed by atoms with Crippen LogP contribution >= 0.6 is 11.3 Å². The molecule has 0 atom stereocenters. The van der Waals surface area contributed by atoms with Crippen LogP contribution in [-0.4, -0.2) is 4.98 Å². The van der Waals surface area contributed by atoms with Crippen LogP contribution in [0.1, 0.15) is 5.89 Å². The second-order valence-corrected chi connectivity index (χ2v) is 3.18. The van der Waals surface area contributed by atoms with Gasteiger partial charge in [-0.1, -0.05) is 6.07 Å². The summed E-state index contributed by atoms with van der Waals surface area (Å²) < 4.78 is 5.08. The largest absolute Gasteiger partial charge is 0.449 e. The van der Waals surface area contributed by atoms with E-state index in [1.807, 2.05) is 24.4 Å². The van der Waals surface area contributed by atoms with Crippen LogP contribution in [0.2, 0.25) is 0 Å². The first-order valence-electron chi connectivity index (χ1n) is 3.32. The fraction of sp³-hybridized carbons (Fsp3) is 0.125. The van der Waals surface area contributed by atoms with Crippen molar-refractivity contribution in [2.75, 3.05) is 0 Å². The van der Waals surface area contributed by atoms with Gasteiger partial charge in [0.05, 0.1) is 4.88 Å². The molecule has 2 nitrogen and oxygen atoms in total. The highest BCUT2D eigenvalue weighted by Crippen LogP contribution is 2.23. The van der Waals surface area contributed by atoms with Crippen molar-refractivity contribution in [1.82, 2.24) is 4.98 Å². The number of thiophene rings is 1. The van der Waals surface area contributed by atoms with Gasteiger partial charge in [0, 0.05) is 6.92 Å². The highest BCUT2D eigenvalue weighted by molar-refractivity contribution is 7.13. The molecule has 0 unspecified atom stereocenters. The molecule has 3 heteroatoms. The minimum atomic E-state index is 0.716. The van der Waals surface area contributed by atoms with Crippen LogP contribution in [0.4, 0.5) is 0 Å². The Hall–Kier alpha value is -1.09. The highest BCUT2D eigenvalue weighted by Gasteiger charge is 2.02. The first-order valence-corrected chi connectivity index (χ1v) is 4.20. The Morgan fingerprint density at radius 1 is 1.55 bits per heavy atom. The number of aryl methyl sites for hydroxylation is 1. The van der Waals surface area contributed by atoms with Gasteiger partial charge in [0.25, 0.3) is 0 Å². The number of hydrogen-bond donors (Lipinski definition) is 0. The summed E-state index contributed by atoms with van der Waals surface area (Å²) in [6, 6.07) is 4.03. The fourth-order valence-electron chi connectivity index (χ4n) is 0.901. The molecular formula is C8H7NOS. The zero-order valence-corrected chi connectivity index (χ0v) is 6.89. The number of rotatable bonds is 1. The van der Waals surface area contributed by atoms with Gasteiger partial charge in [-0.2, -0.15) is 0 Å². The monoisotopic (exact) mass is 165 g/mol. The third-order valence-electron chi connectivity index (χ3n) is 1.39. The second kappa shape index (κ2) is 2.51. The fourth-order valence-corrected chi connectivity index (χ4v) is 1.58. The maximum atomic E-state index is 5.08. The minimum Gasteiger partial charge on any atom is -0.449 e. The average molecular weight is 165 g/mol. The first kappa shape index (κ1) is 6.61. The molecule has 0 spiro atoms. The quantitative estimate of drug-likeness (QED) is 0.649. The summed E-state index contributed by atoms with van der Waals surface area (Å²) in [5.41, 5.74) is 0.928. The summed E-state index contributed by atoms with van der Waals surface area (Å²) in [5, 5.41) is 2.03. The van der Waals surface area contributed by atoms with Crippen molar-refractivity contribution in [2.45, 2.75) is 6.92 Å². The van der Waals surface area contributed by atoms with Crippen LogP contribution in [0, 0.1) is 6.92 Å². The van der Waals surface area contributed by atoms with Gasteiger partial charge in [0.15, 0.2) is 5.89 Å². The van der Waals surface area contributed by atoms with Crippen molar-refractivity contribution in [2.24, 2.45) is 0 Å². The normalized spacial score (nSPS) is 10.3. The van der Waals surface area contributed by atoms with Crippen molar-refractivity contribution in [3.63, 3.8) is 0 Å². The third-order valence-corrected chi connectivity index (χ3v) is 2.29. The zero-order valence-electron chi connectivity index (χ0n) is 6.07. The topological polar surface area (TPSA) is 26.0 Å². The highest BCUT2D eigenvalue weighted by atomic mass is 32.1. The van der Waals surface area contributed by atoms with Crippen molar-refractivity contribution >= 4 is 11.3 Å². The van der Waals surface area contributed by atoms with E-state index < -0.39 is 0 Å². The molecule has 0 N–H and O–H groups in total. The standard InChI is InChI=1S/C8H7NOS/c1-6-9-7(5-10-6)8-3-2-4-11-8/h2-5H,1H3. The van der Waals surface area contributed by atoms with Gasteiger partial charge in [0.1, 0.15) is 12.0 Å². The van der Waals surface area contributed by atoms with Gasteiger partial charge >= 0.3 is 0 Å².